The fourth-order valence-electron chi connectivity index (χ4n) is 3.14. The van der Waals surface area contributed by atoms with Crippen molar-refractivity contribution in [2.45, 2.75) is 57.6 Å². The Labute approximate surface area is 138 Å². The van der Waals surface area contributed by atoms with Gasteiger partial charge in [0.15, 0.2) is 0 Å². The highest BCUT2D eigenvalue weighted by Crippen LogP contribution is 2.37. The molecule has 134 valence electrons. The quantitative estimate of drug-likeness (QED) is 0.392. The smallest absolute Gasteiger partial charge is 0.338 e. The Bertz CT molecular complexity index is 588. The SMILES string of the molecule is CC(=O)N[C@H](C)C(=O)N[C@@H]1[C@H]2C(=C(O)C[C@@H](O)[C@H]2O)C(=O)O[C@H]1C. The minimum absolute atomic E-state index is 0.136. The molecule has 0 aromatic rings. The molecule has 0 aromatic carbocycles. The maximum atomic E-state index is 12.2. The van der Waals surface area contributed by atoms with E-state index in [1.54, 1.807) is 0 Å². The molecule has 24 heavy (non-hydrogen) atoms. The van der Waals surface area contributed by atoms with Crippen LogP contribution in [0, 0.1) is 5.92 Å². The second kappa shape index (κ2) is 6.78. The number of cyclic esters (lactones) is 1. The van der Waals surface area contributed by atoms with Gasteiger partial charge in [0, 0.05) is 19.3 Å². The van der Waals surface area contributed by atoms with E-state index in [1.165, 1.54) is 20.8 Å². The van der Waals surface area contributed by atoms with E-state index in [2.05, 4.69) is 10.6 Å². The maximum absolute atomic E-state index is 12.2. The minimum Gasteiger partial charge on any atom is -0.512 e. The Morgan fingerprint density at radius 2 is 1.96 bits per heavy atom. The molecule has 9 nitrogen and oxygen atoms in total. The number of carbonyl (C=O) groups excluding carboxylic acids is 3. The van der Waals surface area contributed by atoms with E-state index in [0.717, 1.165) is 0 Å². The van der Waals surface area contributed by atoms with Crippen LogP contribution in [0.3, 0.4) is 0 Å². The van der Waals surface area contributed by atoms with E-state index in [4.69, 9.17) is 4.74 Å². The van der Waals surface area contributed by atoms with Crippen molar-refractivity contribution in [1.29, 1.82) is 0 Å². The van der Waals surface area contributed by atoms with Crippen LogP contribution in [0.5, 0.6) is 0 Å². The molecule has 0 spiro atoms. The van der Waals surface area contributed by atoms with Crippen LogP contribution < -0.4 is 10.6 Å². The lowest BCUT2D eigenvalue weighted by molar-refractivity contribution is -0.159. The average Bonchev–Trinajstić information content (AvgIpc) is 2.46. The van der Waals surface area contributed by atoms with Crippen molar-refractivity contribution in [2.75, 3.05) is 0 Å². The Morgan fingerprint density at radius 1 is 1.33 bits per heavy atom. The molecule has 2 amide bonds. The summed E-state index contributed by atoms with van der Waals surface area (Å²) in [7, 11) is 0. The van der Waals surface area contributed by atoms with Crippen molar-refractivity contribution >= 4 is 17.8 Å². The number of aliphatic hydroxyl groups excluding tert-OH is 3. The summed E-state index contributed by atoms with van der Waals surface area (Å²) in [6.45, 7) is 4.29. The zero-order valence-electron chi connectivity index (χ0n) is 13.6. The molecular formula is C15H22N2O7. The molecule has 1 aliphatic carbocycles. The summed E-state index contributed by atoms with van der Waals surface area (Å²) >= 11 is 0. The Hall–Kier alpha value is -2.13. The molecule has 0 radical (unpaired) electrons. The predicted molar refractivity (Wildman–Crippen MR) is 80.5 cm³/mol. The third kappa shape index (κ3) is 3.36. The number of aliphatic hydroxyl groups is 3. The number of hydrogen-bond acceptors (Lipinski definition) is 7. The highest BCUT2D eigenvalue weighted by atomic mass is 16.5. The number of carbonyl (C=O) groups is 3. The molecule has 2 aliphatic rings. The van der Waals surface area contributed by atoms with E-state index in [1.807, 2.05) is 0 Å². The molecule has 0 bridgehead atoms. The van der Waals surface area contributed by atoms with Crippen LogP contribution in [-0.4, -0.2) is 63.5 Å². The van der Waals surface area contributed by atoms with E-state index in [9.17, 15) is 29.7 Å². The van der Waals surface area contributed by atoms with Crippen LogP contribution in [0.15, 0.2) is 11.3 Å². The van der Waals surface area contributed by atoms with Crippen molar-refractivity contribution < 1.29 is 34.4 Å². The predicted octanol–water partition coefficient (Wildman–Crippen LogP) is -1.51. The standard InChI is InChI=1S/C15H22N2O7/c1-5(16-7(3)18)14(22)17-12-6(2)24-15(23)10-8(19)4-9(20)13(21)11(10)12/h5-6,9,11-13,19-21H,4H2,1-3H3,(H,16,18)(H,17,22)/t5-,6+,9-,11-,12+,13-/m1/s1. The van der Waals surface area contributed by atoms with Crippen molar-refractivity contribution in [3.63, 3.8) is 0 Å². The molecule has 5 N–H and O–H groups in total. The fraction of sp³-hybridized carbons (Fsp3) is 0.667. The summed E-state index contributed by atoms with van der Waals surface area (Å²) in [5.74, 6) is -3.06. The van der Waals surface area contributed by atoms with Gasteiger partial charge >= 0.3 is 5.97 Å². The Balaban J connectivity index is 2.27. The topological polar surface area (TPSA) is 145 Å². The molecular weight excluding hydrogens is 320 g/mol. The van der Waals surface area contributed by atoms with Gasteiger partial charge in [-0.3, -0.25) is 9.59 Å². The summed E-state index contributed by atoms with van der Waals surface area (Å²) in [6, 6.07) is -1.69. The second-order valence-corrected chi connectivity index (χ2v) is 6.22. The minimum atomic E-state index is -1.34. The number of rotatable bonds is 3. The van der Waals surface area contributed by atoms with Gasteiger partial charge in [-0.2, -0.15) is 0 Å². The lowest BCUT2D eigenvalue weighted by Gasteiger charge is -2.43. The summed E-state index contributed by atoms with van der Waals surface area (Å²) in [5, 5.41) is 35.2. The number of esters is 1. The molecule has 1 saturated heterocycles. The van der Waals surface area contributed by atoms with Gasteiger partial charge in [-0.25, -0.2) is 4.79 Å². The van der Waals surface area contributed by atoms with Gasteiger partial charge in [-0.15, -0.1) is 0 Å². The van der Waals surface area contributed by atoms with E-state index in [0.29, 0.717) is 0 Å². The zero-order valence-corrected chi connectivity index (χ0v) is 13.6. The summed E-state index contributed by atoms with van der Waals surface area (Å²) < 4.78 is 5.13. The second-order valence-electron chi connectivity index (χ2n) is 6.22. The lowest BCUT2D eigenvalue weighted by Crippen LogP contribution is -2.62. The van der Waals surface area contributed by atoms with Crippen LogP contribution in [0.25, 0.3) is 0 Å². The summed E-state index contributed by atoms with van der Waals surface area (Å²) in [5.41, 5.74) is -0.136. The first-order chi connectivity index (χ1) is 11.1. The van der Waals surface area contributed by atoms with Gasteiger partial charge in [0.05, 0.1) is 23.8 Å². The van der Waals surface area contributed by atoms with Gasteiger partial charge in [0.1, 0.15) is 17.9 Å². The molecule has 1 heterocycles. The van der Waals surface area contributed by atoms with Crippen molar-refractivity contribution in [1.82, 2.24) is 10.6 Å². The van der Waals surface area contributed by atoms with Gasteiger partial charge in [-0.1, -0.05) is 0 Å². The van der Waals surface area contributed by atoms with Crippen LogP contribution in [0.2, 0.25) is 0 Å². The van der Waals surface area contributed by atoms with E-state index < -0.39 is 48.2 Å². The Kier molecular flexibility index (Phi) is 5.14. The highest BCUT2D eigenvalue weighted by molar-refractivity contribution is 5.92. The maximum Gasteiger partial charge on any atom is 0.338 e. The third-order valence-corrected chi connectivity index (χ3v) is 4.34. The number of amides is 2. The fourth-order valence-corrected chi connectivity index (χ4v) is 3.14. The molecule has 1 fully saturated rings. The monoisotopic (exact) mass is 342 g/mol. The van der Waals surface area contributed by atoms with Crippen LogP contribution in [0.4, 0.5) is 0 Å². The van der Waals surface area contributed by atoms with Gasteiger partial charge in [0.2, 0.25) is 11.8 Å². The summed E-state index contributed by atoms with van der Waals surface area (Å²) in [4.78, 5) is 35.3. The average molecular weight is 342 g/mol. The molecule has 6 atom stereocenters. The number of ether oxygens (including phenoxy) is 1. The molecule has 0 aromatic heterocycles. The van der Waals surface area contributed by atoms with Crippen molar-refractivity contribution in [2.24, 2.45) is 5.92 Å². The largest absolute Gasteiger partial charge is 0.512 e. The lowest BCUT2D eigenvalue weighted by atomic mass is 9.74. The number of fused-ring (bicyclic) bond motifs is 1. The van der Waals surface area contributed by atoms with E-state index in [-0.39, 0.29) is 23.7 Å². The first-order valence-electron chi connectivity index (χ1n) is 7.70. The molecule has 9 heteroatoms. The van der Waals surface area contributed by atoms with Crippen LogP contribution in [0.1, 0.15) is 27.2 Å². The summed E-state index contributed by atoms with van der Waals surface area (Å²) in [6.07, 6.45) is -3.65. The number of nitrogens with one attached hydrogen (secondary N) is 2. The third-order valence-electron chi connectivity index (χ3n) is 4.34. The van der Waals surface area contributed by atoms with Gasteiger partial charge in [0.25, 0.3) is 0 Å². The van der Waals surface area contributed by atoms with Crippen LogP contribution in [-0.2, 0) is 19.1 Å². The van der Waals surface area contributed by atoms with Gasteiger partial charge < -0.3 is 30.7 Å². The van der Waals surface area contributed by atoms with E-state index >= 15 is 0 Å². The molecule has 1 aliphatic heterocycles. The Morgan fingerprint density at radius 3 is 2.54 bits per heavy atom. The van der Waals surface area contributed by atoms with Crippen LogP contribution >= 0.6 is 0 Å². The normalized spacial score (nSPS) is 34.0. The van der Waals surface area contributed by atoms with Crippen molar-refractivity contribution in [3.05, 3.63) is 11.3 Å². The zero-order chi connectivity index (χ0) is 18.2. The first kappa shape index (κ1) is 18.2. The molecule has 2 rings (SSSR count). The van der Waals surface area contributed by atoms with Crippen molar-refractivity contribution in [3.8, 4) is 0 Å². The first-order valence-corrected chi connectivity index (χ1v) is 7.70. The molecule has 0 unspecified atom stereocenters. The number of hydrogen-bond donors (Lipinski definition) is 5. The molecule has 0 saturated carbocycles. The highest BCUT2D eigenvalue weighted by Gasteiger charge is 2.51. The van der Waals surface area contributed by atoms with Gasteiger partial charge in [-0.05, 0) is 13.8 Å².